The topological polar surface area (TPSA) is 59.8 Å². The average molecular weight is 471 g/mol. The van der Waals surface area contributed by atoms with E-state index in [4.69, 9.17) is 0 Å². The summed E-state index contributed by atoms with van der Waals surface area (Å²) < 4.78 is 2.01. The molecule has 4 rings (SSSR count). The van der Waals surface area contributed by atoms with Gasteiger partial charge in [-0.25, -0.2) is 0 Å². The Morgan fingerprint density at radius 2 is 1.56 bits per heavy atom. The van der Waals surface area contributed by atoms with Gasteiger partial charge in [-0.1, -0.05) is 81.1 Å². The zero-order valence-electron chi connectivity index (χ0n) is 20.3. The van der Waals surface area contributed by atoms with E-state index >= 15 is 0 Å². The summed E-state index contributed by atoms with van der Waals surface area (Å²) >= 11 is 1.38. The largest absolute Gasteiger partial charge is 0.325 e. The molecule has 1 heterocycles. The van der Waals surface area contributed by atoms with Gasteiger partial charge in [0.25, 0.3) is 0 Å². The van der Waals surface area contributed by atoms with Crippen LogP contribution in [0.5, 0.6) is 0 Å². The Morgan fingerprint density at radius 1 is 0.912 bits per heavy atom. The lowest BCUT2D eigenvalue weighted by atomic mass is 9.87. The Labute approximate surface area is 205 Å². The lowest BCUT2D eigenvalue weighted by Gasteiger charge is -2.19. The molecule has 0 atom stereocenters. The smallest absolute Gasteiger partial charge is 0.234 e. The lowest BCUT2D eigenvalue weighted by molar-refractivity contribution is -0.113. The van der Waals surface area contributed by atoms with Gasteiger partial charge in [-0.15, -0.1) is 10.2 Å². The minimum atomic E-state index is -0.0753. The number of amides is 1. The molecule has 0 fully saturated rings. The molecule has 0 aliphatic carbocycles. The molecule has 5 nitrogen and oxygen atoms in total. The minimum Gasteiger partial charge on any atom is -0.325 e. The van der Waals surface area contributed by atoms with E-state index in [0.717, 1.165) is 33.9 Å². The molecule has 1 aromatic heterocycles. The highest BCUT2D eigenvalue weighted by atomic mass is 32.2. The van der Waals surface area contributed by atoms with E-state index in [1.807, 2.05) is 60.9 Å². The third kappa shape index (κ3) is 5.57. The van der Waals surface area contributed by atoms with Crippen molar-refractivity contribution >= 4 is 23.4 Å². The van der Waals surface area contributed by atoms with Crippen molar-refractivity contribution < 1.29 is 4.79 Å². The number of hydrogen-bond donors (Lipinski definition) is 1. The van der Waals surface area contributed by atoms with Crippen molar-refractivity contribution in [3.05, 3.63) is 89.5 Å². The number of benzene rings is 3. The standard InChI is InChI=1S/C28H30N4OS/c1-19-15-20(2)17-23(16-19)29-25(33)18-34-27-31-30-26(32(27)24-9-7-6-8-10-24)21-11-13-22(14-12-21)28(3,4)5/h6-17H,18H2,1-5H3,(H,29,33). The molecule has 1 N–H and O–H groups in total. The molecule has 174 valence electrons. The molecular weight excluding hydrogens is 440 g/mol. The van der Waals surface area contributed by atoms with Gasteiger partial charge in [-0.05, 0) is 60.2 Å². The van der Waals surface area contributed by atoms with Gasteiger partial charge in [0.1, 0.15) is 0 Å². The first-order valence-corrected chi connectivity index (χ1v) is 12.3. The molecule has 0 bridgehead atoms. The third-order valence-electron chi connectivity index (χ3n) is 5.49. The van der Waals surface area contributed by atoms with Crippen LogP contribution in [0, 0.1) is 13.8 Å². The summed E-state index contributed by atoms with van der Waals surface area (Å²) in [6, 6.07) is 24.5. The molecule has 0 aliphatic rings. The SMILES string of the molecule is Cc1cc(C)cc(NC(=O)CSc2nnc(-c3ccc(C(C)(C)C)cc3)n2-c2ccccc2)c1. The average Bonchev–Trinajstić information content (AvgIpc) is 3.21. The van der Waals surface area contributed by atoms with E-state index in [1.54, 1.807) is 0 Å². The van der Waals surface area contributed by atoms with Crippen LogP contribution >= 0.6 is 11.8 Å². The molecule has 0 radical (unpaired) electrons. The Kier molecular flexibility index (Phi) is 6.89. The number of hydrogen-bond acceptors (Lipinski definition) is 4. The Balaban J connectivity index is 1.59. The first-order chi connectivity index (χ1) is 16.2. The first-order valence-electron chi connectivity index (χ1n) is 11.3. The van der Waals surface area contributed by atoms with Gasteiger partial charge in [-0.2, -0.15) is 0 Å². The van der Waals surface area contributed by atoms with Gasteiger partial charge in [0.05, 0.1) is 5.75 Å². The minimum absolute atomic E-state index is 0.0753. The summed E-state index contributed by atoms with van der Waals surface area (Å²) in [7, 11) is 0. The van der Waals surface area contributed by atoms with Crippen molar-refractivity contribution in [2.45, 2.75) is 45.2 Å². The van der Waals surface area contributed by atoms with Crippen LogP contribution in [0.25, 0.3) is 17.1 Å². The van der Waals surface area contributed by atoms with Crippen LogP contribution in [0.2, 0.25) is 0 Å². The number of aromatic nitrogens is 3. The van der Waals surface area contributed by atoms with Crippen LogP contribution in [0.15, 0.2) is 78.0 Å². The second-order valence-corrected chi connectivity index (χ2v) is 10.5. The number of thioether (sulfide) groups is 1. The van der Waals surface area contributed by atoms with Crippen LogP contribution in [0.3, 0.4) is 0 Å². The zero-order chi connectivity index (χ0) is 24.3. The van der Waals surface area contributed by atoms with E-state index in [9.17, 15) is 4.79 Å². The normalized spacial score (nSPS) is 11.4. The monoisotopic (exact) mass is 470 g/mol. The van der Waals surface area contributed by atoms with Crippen molar-refractivity contribution in [1.29, 1.82) is 0 Å². The van der Waals surface area contributed by atoms with Crippen LogP contribution in [0.4, 0.5) is 5.69 Å². The fourth-order valence-corrected chi connectivity index (χ4v) is 4.61. The lowest BCUT2D eigenvalue weighted by Crippen LogP contribution is -2.14. The van der Waals surface area contributed by atoms with Crippen LogP contribution in [-0.2, 0) is 10.2 Å². The number of anilines is 1. The molecule has 6 heteroatoms. The summed E-state index contributed by atoms with van der Waals surface area (Å²) in [5.74, 6) is 0.915. The summed E-state index contributed by atoms with van der Waals surface area (Å²) in [6.45, 7) is 10.6. The highest BCUT2D eigenvalue weighted by molar-refractivity contribution is 7.99. The fourth-order valence-electron chi connectivity index (χ4n) is 3.85. The summed E-state index contributed by atoms with van der Waals surface area (Å²) in [4.78, 5) is 12.7. The van der Waals surface area contributed by atoms with E-state index < -0.39 is 0 Å². The molecular formula is C28H30N4OS. The van der Waals surface area contributed by atoms with E-state index in [1.165, 1.54) is 17.3 Å². The van der Waals surface area contributed by atoms with Gasteiger partial charge in [-0.3, -0.25) is 9.36 Å². The predicted octanol–water partition coefficient (Wildman–Crippen LogP) is 6.58. The molecule has 4 aromatic rings. The molecule has 34 heavy (non-hydrogen) atoms. The summed E-state index contributed by atoms with van der Waals surface area (Å²) in [6.07, 6.45) is 0. The van der Waals surface area contributed by atoms with Gasteiger partial charge in [0, 0.05) is 16.9 Å². The first kappa shape index (κ1) is 23.8. The molecule has 0 unspecified atom stereocenters. The number of rotatable bonds is 6. The van der Waals surface area contributed by atoms with Crippen molar-refractivity contribution in [2.24, 2.45) is 0 Å². The van der Waals surface area contributed by atoms with E-state index in [-0.39, 0.29) is 17.1 Å². The van der Waals surface area contributed by atoms with E-state index in [2.05, 4.69) is 66.6 Å². The second kappa shape index (κ2) is 9.85. The number of para-hydroxylation sites is 1. The molecule has 0 spiro atoms. The highest BCUT2D eigenvalue weighted by Crippen LogP contribution is 2.30. The van der Waals surface area contributed by atoms with Gasteiger partial charge in [0.2, 0.25) is 5.91 Å². The molecule has 3 aromatic carbocycles. The number of aryl methyl sites for hydroxylation is 2. The Hall–Kier alpha value is -3.38. The Morgan fingerprint density at radius 3 is 2.18 bits per heavy atom. The third-order valence-corrected chi connectivity index (χ3v) is 6.42. The van der Waals surface area contributed by atoms with Gasteiger partial charge >= 0.3 is 0 Å². The zero-order valence-corrected chi connectivity index (χ0v) is 21.1. The van der Waals surface area contributed by atoms with E-state index in [0.29, 0.717) is 5.16 Å². The Bertz CT molecular complexity index is 1270. The van der Waals surface area contributed by atoms with Crippen molar-refractivity contribution in [3.8, 4) is 17.1 Å². The maximum absolute atomic E-state index is 12.7. The second-order valence-electron chi connectivity index (χ2n) is 9.52. The van der Waals surface area contributed by atoms with Gasteiger partial charge in [0.15, 0.2) is 11.0 Å². The number of carbonyl (C=O) groups is 1. The van der Waals surface area contributed by atoms with Crippen LogP contribution in [-0.4, -0.2) is 26.4 Å². The predicted molar refractivity (Wildman–Crippen MR) is 141 cm³/mol. The quantitative estimate of drug-likeness (QED) is 0.323. The van der Waals surface area contributed by atoms with Crippen LogP contribution < -0.4 is 5.32 Å². The fraction of sp³-hybridized carbons (Fsp3) is 0.250. The summed E-state index contributed by atoms with van der Waals surface area (Å²) in [5.41, 5.74) is 6.33. The molecule has 0 saturated heterocycles. The molecule has 0 saturated carbocycles. The molecule has 0 aliphatic heterocycles. The summed E-state index contributed by atoms with van der Waals surface area (Å²) in [5, 5.41) is 12.6. The highest BCUT2D eigenvalue weighted by Gasteiger charge is 2.19. The number of nitrogens with one attached hydrogen (secondary N) is 1. The van der Waals surface area contributed by atoms with Crippen molar-refractivity contribution in [1.82, 2.24) is 14.8 Å². The molecule has 1 amide bonds. The van der Waals surface area contributed by atoms with Crippen LogP contribution in [0.1, 0.15) is 37.5 Å². The number of carbonyl (C=O) groups excluding carboxylic acids is 1. The van der Waals surface area contributed by atoms with Crippen molar-refractivity contribution in [2.75, 3.05) is 11.1 Å². The maximum Gasteiger partial charge on any atom is 0.234 e. The van der Waals surface area contributed by atoms with Crippen molar-refractivity contribution in [3.63, 3.8) is 0 Å². The van der Waals surface area contributed by atoms with Gasteiger partial charge < -0.3 is 5.32 Å². The maximum atomic E-state index is 12.7. The number of nitrogens with zero attached hydrogens (tertiary/aromatic N) is 3.